The van der Waals surface area contributed by atoms with Crippen LogP contribution in [0.2, 0.25) is 5.02 Å². The van der Waals surface area contributed by atoms with Crippen LogP contribution in [0.3, 0.4) is 0 Å². The average molecular weight is 443 g/mol. The molecule has 0 aromatic heterocycles. The molecule has 2 aromatic carbocycles. The topological polar surface area (TPSA) is 58.6 Å². The van der Waals surface area contributed by atoms with E-state index >= 15 is 0 Å². The summed E-state index contributed by atoms with van der Waals surface area (Å²) >= 11 is 6.06. The summed E-state index contributed by atoms with van der Waals surface area (Å²) in [4.78, 5) is 27.5. The van der Waals surface area contributed by atoms with E-state index in [2.05, 4.69) is 5.32 Å². The van der Waals surface area contributed by atoms with Crippen LogP contribution in [-0.2, 0) is 16.0 Å². The van der Waals surface area contributed by atoms with E-state index in [0.717, 1.165) is 36.8 Å². The Balaban J connectivity index is 1.65. The number of hydrogen-bond acceptors (Lipinski definition) is 3. The summed E-state index contributed by atoms with van der Waals surface area (Å²) in [5.41, 5.74) is 2.01. The van der Waals surface area contributed by atoms with Crippen LogP contribution in [-0.4, -0.2) is 41.9 Å². The monoisotopic (exact) mass is 442 g/mol. The van der Waals surface area contributed by atoms with E-state index < -0.39 is 6.04 Å². The summed E-state index contributed by atoms with van der Waals surface area (Å²) in [7, 11) is 0. The molecule has 0 heterocycles. The largest absolute Gasteiger partial charge is 0.484 e. The van der Waals surface area contributed by atoms with Crippen molar-refractivity contribution in [2.24, 2.45) is 0 Å². The number of rotatable bonds is 9. The maximum absolute atomic E-state index is 13.1. The molecule has 0 saturated heterocycles. The van der Waals surface area contributed by atoms with Crippen molar-refractivity contribution in [3.05, 3.63) is 64.7 Å². The van der Waals surface area contributed by atoms with Crippen molar-refractivity contribution < 1.29 is 14.3 Å². The minimum absolute atomic E-state index is 0.101. The second-order valence-corrected chi connectivity index (χ2v) is 8.60. The van der Waals surface area contributed by atoms with Crippen molar-refractivity contribution in [3.8, 4) is 5.75 Å². The Kier molecular flexibility index (Phi) is 8.35. The molecule has 1 aliphatic rings. The Morgan fingerprint density at radius 1 is 1.16 bits per heavy atom. The molecule has 2 aromatic rings. The van der Waals surface area contributed by atoms with Gasteiger partial charge in [0.1, 0.15) is 11.8 Å². The number of carbonyl (C=O) groups is 2. The quantitative estimate of drug-likeness (QED) is 0.620. The molecule has 0 bridgehead atoms. The van der Waals surface area contributed by atoms with Crippen molar-refractivity contribution >= 4 is 23.4 Å². The Hall–Kier alpha value is -2.53. The summed E-state index contributed by atoms with van der Waals surface area (Å²) in [6.07, 6.45) is 4.98. The van der Waals surface area contributed by atoms with Gasteiger partial charge in [0, 0.05) is 17.6 Å². The number of ether oxygens (including phenoxy) is 1. The lowest BCUT2D eigenvalue weighted by Gasteiger charge is -2.29. The second kappa shape index (κ2) is 11.2. The van der Waals surface area contributed by atoms with E-state index in [0.29, 0.717) is 23.7 Å². The van der Waals surface area contributed by atoms with Crippen molar-refractivity contribution in [1.29, 1.82) is 0 Å². The third-order valence-corrected chi connectivity index (χ3v) is 6.27. The molecular weight excluding hydrogens is 412 g/mol. The van der Waals surface area contributed by atoms with Crippen molar-refractivity contribution in [2.75, 3.05) is 13.2 Å². The van der Waals surface area contributed by atoms with Crippen LogP contribution in [0.5, 0.6) is 5.75 Å². The number of amides is 2. The Morgan fingerprint density at radius 3 is 2.55 bits per heavy atom. The molecule has 1 unspecified atom stereocenters. The highest BCUT2D eigenvalue weighted by molar-refractivity contribution is 6.31. The van der Waals surface area contributed by atoms with E-state index in [1.807, 2.05) is 37.3 Å². The molecule has 0 radical (unpaired) electrons. The minimum Gasteiger partial charge on any atom is -0.484 e. The van der Waals surface area contributed by atoms with Gasteiger partial charge in [0.05, 0.1) is 0 Å². The first-order valence-corrected chi connectivity index (χ1v) is 11.3. The molecular formula is C25H31ClN2O3. The molecule has 0 aliphatic heterocycles. The van der Waals surface area contributed by atoms with Gasteiger partial charge in [0.15, 0.2) is 6.61 Å². The highest BCUT2D eigenvalue weighted by atomic mass is 35.5. The molecule has 3 rings (SSSR count). The molecule has 0 spiro atoms. The van der Waals surface area contributed by atoms with E-state index in [1.165, 1.54) is 0 Å². The number of hydrogen-bond donors (Lipinski definition) is 1. The van der Waals surface area contributed by atoms with Crippen LogP contribution in [0, 0.1) is 6.92 Å². The molecule has 31 heavy (non-hydrogen) atoms. The normalized spacial score (nSPS) is 14.8. The van der Waals surface area contributed by atoms with Gasteiger partial charge >= 0.3 is 0 Å². The lowest BCUT2D eigenvalue weighted by molar-refractivity contribution is -0.141. The first kappa shape index (κ1) is 23.1. The predicted octanol–water partition coefficient (Wildman–Crippen LogP) is 4.55. The third kappa shape index (κ3) is 6.73. The summed E-state index contributed by atoms with van der Waals surface area (Å²) < 4.78 is 5.72. The maximum Gasteiger partial charge on any atom is 0.261 e. The van der Waals surface area contributed by atoms with Crippen molar-refractivity contribution in [3.63, 3.8) is 0 Å². The number of aryl methyl sites for hydroxylation is 1. The van der Waals surface area contributed by atoms with E-state index in [9.17, 15) is 9.59 Å². The predicted molar refractivity (Wildman–Crippen MR) is 123 cm³/mol. The summed E-state index contributed by atoms with van der Waals surface area (Å²) in [6, 6.07) is 14.9. The lowest BCUT2D eigenvalue weighted by Crippen LogP contribution is -2.51. The molecule has 1 aliphatic carbocycles. The van der Waals surface area contributed by atoms with E-state index in [-0.39, 0.29) is 24.5 Å². The van der Waals surface area contributed by atoms with Gasteiger partial charge in [-0.1, -0.05) is 54.8 Å². The van der Waals surface area contributed by atoms with Gasteiger partial charge < -0.3 is 15.0 Å². The zero-order valence-electron chi connectivity index (χ0n) is 18.3. The first-order chi connectivity index (χ1) is 14.9. The van der Waals surface area contributed by atoms with Crippen LogP contribution >= 0.6 is 11.6 Å². The molecule has 1 saturated carbocycles. The summed E-state index contributed by atoms with van der Waals surface area (Å²) in [6.45, 7) is 4.00. The van der Waals surface area contributed by atoms with Crippen LogP contribution in [0.4, 0.5) is 0 Å². The number of halogens is 1. The molecule has 1 atom stereocenters. The molecule has 1 N–H and O–H groups in total. The number of nitrogens with one attached hydrogen (secondary N) is 1. The van der Waals surface area contributed by atoms with Crippen LogP contribution in [0.25, 0.3) is 0 Å². The van der Waals surface area contributed by atoms with Gasteiger partial charge in [0.25, 0.3) is 5.91 Å². The van der Waals surface area contributed by atoms with Gasteiger partial charge in [-0.25, -0.2) is 0 Å². The minimum atomic E-state index is -0.563. The summed E-state index contributed by atoms with van der Waals surface area (Å²) in [5, 5.41) is 3.76. The van der Waals surface area contributed by atoms with Crippen LogP contribution in [0.15, 0.2) is 48.5 Å². The highest BCUT2D eigenvalue weighted by Crippen LogP contribution is 2.21. The maximum atomic E-state index is 13.1. The number of nitrogens with zero attached hydrogens (tertiary/aromatic N) is 1. The average Bonchev–Trinajstić information content (AvgIpc) is 3.28. The highest BCUT2D eigenvalue weighted by Gasteiger charge is 2.28. The fourth-order valence-electron chi connectivity index (χ4n) is 3.90. The Morgan fingerprint density at radius 2 is 1.87 bits per heavy atom. The fourth-order valence-corrected chi connectivity index (χ4v) is 4.01. The zero-order valence-corrected chi connectivity index (χ0v) is 19.0. The summed E-state index contributed by atoms with van der Waals surface area (Å²) in [5.74, 6) is 0.273. The fraction of sp³-hybridized carbons (Fsp3) is 0.440. The molecule has 6 heteroatoms. The van der Waals surface area contributed by atoms with Crippen LogP contribution < -0.4 is 10.1 Å². The van der Waals surface area contributed by atoms with E-state index in [1.54, 1.807) is 30.0 Å². The second-order valence-electron chi connectivity index (χ2n) is 8.19. The SMILES string of the molecule is Cc1cc(OCC(=O)N(CCc2ccccc2)C(C)C(=O)NC2CCCC2)ccc1Cl. The molecule has 1 fully saturated rings. The van der Waals surface area contributed by atoms with Gasteiger partial charge in [-0.3, -0.25) is 9.59 Å². The first-order valence-electron chi connectivity index (χ1n) is 11.0. The molecule has 2 amide bonds. The van der Waals surface area contributed by atoms with Gasteiger partial charge in [-0.05, 0) is 62.4 Å². The lowest BCUT2D eigenvalue weighted by atomic mass is 10.1. The molecule has 166 valence electrons. The standard InChI is InChI=1S/C25H31ClN2O3/c1-18-16-22(12-13-23(18)26)31-17-24(29)28(15-14-20-8-4-3-5-9-20)19(2)25(30)27-21-10-6-7-11-21/h3-5,8-9,12-13,16,19,21H,6-7,10-11,14-15,17H2,1-2H3,(H,27,30). The van der Waals surface area contributed by atoms with Crippen molar-refractivity contribution in [1.82, 2.24) is 10.2 Å². The van der Waals surface area contributed by atoms with E-state index in [4.69, 9.17) is 16.3 Å². The van der Waals surface area contributed by atoms with Gasteiger partial charge in [-0.2, -0.15) is 0 Å². The third-order valence-electron chi connectivity index (χ3n) is 5.84. The molecule has 5 nitrogen and oxygen atoms in total. The number of carbonyl (C=O) groups excluding carboxylic acids is 2. The van der Waals surface area contributed by atoms with Crippen LogP contribution in [0.1, 0.15) is 43.7 Å². The van der Waals surface area contributed by atoms with Crippen molar-refractivity contribution in [2.45, 2.75) is 58.0 Å². The number of benzene rings is 2. The van der Waals surface area contributed by atoms with Gasteiger partial charge in [-0.15, -0.1) is 0 Å². The van der Waals surface area contributed by atoms with Gasteiger partial charge in [0.2, 0.25) is 5.91 Å². The Labute approximate surface area is 189 Å². The Bertz CT molecular complexity index is 882. The zero-order chi connectivity index (χ0) is 22.2. The smallest absolute Gasteiger partial charge is 0.261 e.